The van der Waals surface area contributed by atoms with Crippen molar-refractivity contribution in [1.29, 1.82) is 0 Å². The summed E-state index contributed by atoms with van der Waals surface area (Å²) in [5.41, 5.74) is 0.418. The van der Waals surface area contributed by atoms with Crippen LogP contribution in [-0.4, -0.2) is 67.8 Å². The lowest BCUT2D eigenvalue weighted by Gasteiger charge is -2.27. The van der Waals surface area contributed by atoms with E-state index in [2.05, 4.69) is 5.32 Å². The first-order valence-electron chi connectivity index (χ1n) is 9.67. The van der Waals surface area contributed by atoms with Crippen LogP contribution in [0.1, 0.15) is 37.6 Å². The van der Waals surface area contributed by atoms with Crippen LogP contribution >= 0.6 is 0 Å². The fourth-order valence-corrected chi connectivity index (χ4v) is 5.01. The third-order valence-electron chi connectivity index (χ3n) is 4.89. The Balaban J connectivity index is 1.95. The quantitative estimate of drug-likeness (QED) is 0.624. The lowest BCUT2D eigenvalue weighted by Crippen LogP contribution is -2.47. The first-order valence-corrected chi connectivity index (χ1v) is 11.5. The van der Waals surface area contributed by atoms with Gasteiger partial charge in [-0.15, -0.1) is 0 Å². The highest BCUT2D eigenvalue weighted by Gasteiger charge is 2.34. The number of rotatable bonds is 8. The van der Waals surface area contributed by atoms with E-state index in [9.17, 15) is 22.8 Å². The molecule has 1 aliphatic rings. The normalized spacial score (nSPS) is 18.8. The highest BCUT2D eigenvalue weighted by Crippen LogP contribution is 2.18. The maximum Gasteiger partial charge on any atom is 0.329 e. The number of esters is 1. The molecule has 1 aliphatic heterocycles. The van der Waals surface area contributed by atoms with Crippen LogP contribution in [0.4, 0.5) is 0 Å². The van der Waals surface area contributed by atoms with E-state index in [1.165, 1.54) is 4.90 Å². The molecule has 0 radical (unpaired) electrons. The van der Waals surface area contributed by atoms with Crippen LogP contribution in [-0.2, 0) is 24.2 Å². The Morgan fingerprint density at radius 1 is 1.21 bits per heavy atom. The molecular formula is C20H28N2O6S. The number of amides is 2. The van der Waals surface area contributed by atoms with Gasteiger partial charge in [-0.25, -0.2) is 13.2 Å². The van der Waals surface area contributed by atoms with Crippen molar-refractivity contribution in [2.75, 3.05) is 24.7 Å². The molecular weight excluding hydrogens is 396 g/mol. The molecule has 29 heavy (non-hydrogen) atoms. The Kier molecular flexibility index (Phi) is 7.78. The van der Waals surface area contributed by atoms with Gasteiger partial charge in [-0.3, -0.25) is 9.59 Å². The van der Waals surface area contributed by atoms with Crippen LogP contribution in [0.5, 0.6) is 0 Å². The first kappa shape index (κ1) is 22.9. The largest absolute Gasteiger partial charge is 0.454 e. The van der Waals surface area contributed by atoms with Crippen molar-refractivity contribution in [1.82, 2.24) is 10.2 Å². The molecule has 2 amide bonds. The molecule has 2 rings (SSSR count). The van der Waals surface area contributed by atoms with Gasteiger partial charge in [0.15, 0.2) is 16.4 Å². The van der Waals surface area contributed by atoms with Crippen LogP contribution in [0, 0.1) is 5.92 Å². The molecule has 0 aromatic heterocycles. The van der Waals surface area contributed by atoms with Crippen molar-refractivity contribution in [3.8, 4) is 0 Å². The molecule has 9 heteroatoms. The molecule has 1 aromatic rings. The van der Waals surface area contributed by atoms with E-state index in [0.29, 0.717) is 18.5 Å². The minimum Gasteiger partial charge on any atom is -0.454 e. The van der Waals surface area contributed by atoms with Crippen LogP contribution in [0.3, 0.4) is 0 Å². The van der Waals surface area contributed by atoms with Crippen molar-refractivity contribution in [3.05, 3.63) is 35.9 Å². The maximum atomic E-state index is 12.5. The van der Waals surface area contributed by atoms with Gasteiger partial charge >= 0.3 is 5.97 Å². The molecule has 0 aliphatic carbocycles. The minimum absolute atomic E-state index is 0.0577. The Morgan fingerprint density at radius 3 is 2.38 bits per heavy atom. The second-order valence-electron chi connectivity index (χ2n) is 7.41. The van der Waals surface area contributed by atoms with Crippen molar-refractivity contribution < 1.29 is 27.5 Å². The Bertz CT molecular complexity index is 838. The number of carbonyl (C=O) groups is 3. The number of carbonyl (C=O) groups excluding carboxylic acids is 3. The fraction of sp³-hybridized carbons (Fsp3) is 0.550. The lowest BCUT2D eigenvalue weighted by molar-refractivity contribution is -0.155. The number of hydrogen-bond donors (Lipinski definition) is 1. The maximum absolute atomic E-state index is 12.5. The third-order valence-corrected chi connectivity index (χ3v) is 6.64. The van der Waals surface area contributed by atoms with E-state index in [-0.39, 0.29) is 17.4 Å². The van der Waals surface area contributed by atoms with Gasteiger partial charge in [0.1, 0.15) is 6.04 Å². The van der Waals surface area contributed by atoms with Gasteiger partial charge in [0.25, 0.3) is 11.8 Å². The third kappa shape index (κ3) is 6.28. The molecule has 0 saturated carbocycles. The van der Waals surface area contributed by atoms with E-state index in [4.69, 9.17) is 4.74 Å². The van der Waals surface area contributed by atoms with Gasteiger partial charge < -0.3 is 15.0 Å². The number of hydrogen-bond acceptors (Lipinski definition) is 6. The number of likely N-dealkylation sites (N-methyl/N-ethyl adjacent to an activating group) is 1. The number of sulfone groups is 1. The van der Waals surface area contributed by atoms with Crippen molar-refractivity contribution in [2.45, 2.75) is 39.3 Å². The van der Waals surface area contributed by atoms with Gasteiger partial charge in [-0.05, 0) is 31.4 Å². The average Bonchev–Trinajstić information content (AvgIpc) is 3.04. The summed E-state index contributed by atoms with van der Waals surface area (Å²) in [5, 5.41) is 2.65. The monoisotopic (exact) mass is 424 g/mol. The molecule has 1 saturated heterocycles. The number of ether oxygens (including phenoxy) is 1. The predicted molar refractivity (Wildman–Crippen MR) is 108 cm³/mol. The van der Waals surface area contributed by atoms with Gasteiger partial charge in [0.05, 0.1) is 11.5 Å². The summed E-state index contributed by atoms with van der Waals surface area (Å²) in [6, 6.07) is 7.20. The summed E-state index contributed by atoms with van der Waals surface area (Å²) in [4.78, 5) is 38.7. The fourth-order valence-electron chi connectivity index (χ4n) is 3.28. The van der Waals surface area contributed by atoms with E-state index in [0.717, 1.165) is 0 Å². The second kappa shape index (κ2) is 9.87. The molecule has 1 unspecified atom stereocenters. The zero-order valence-electron chi connectivity index (χ0n) is 17.0. The Hall–Kier alpha value is -2.42. The topological polar surface area (TPSA) is 110 Å². The van der Waals surface area contributed by atoms with Crippen molar-refractivity contribution in [2.24, 2.45) is 5.92 Å². The van der Waals surface area contributed by atoms with Gasteiger partial charge in [0.2, 0.25) is 0 Å². The van der Waals surface area contributed by atoms with Crippen LogP contribution in [0.25, 0.3) is 0 Å². The molecule has 8 nitrogen and oxygen atoms in total. The summed E-state index contributed by atoms with van der Waals surface area (Å²) in [6.45, 7) is 5.12. The number of nitrogens with one attached hydrogen (secondary N) is 1. The van der Waals surface area contributed by atoms with Gasteiger partial charge in [0, 0.05) is 18.2 Å². The summed E-state index contributed by atoms with van der Waals surface area (Å²) >= 11 is 0. The molecule has 1 aromatic carbocycles. The summed E-state index contributed by atoms with van der Waals surface area (Å²) in [6.07, 6.45) is 0.387. The van der Waals surface area contributed by atoms with Crippen LogP contribution in [0.15, 0.2) is 30.3 Å². The molecule has 1 fully saturated rings. The minimum atomic E-state index is -3.13. The van der Waals surface area contributed by atoms with Gasteiger partial charge in [-0.1, -0.05) is 32.0 Å². The number of nitrogens with zero attached hydrogens (tertiary/aromatic N) is 1. The summed E-state index contributed by atoms with van der Waals surface area (Å²) in [7, 11) is -3.13. The Labute approximate surface area is 171 Å². The van der Waals surface area contributed by atoms with Gasteiger partial charge in [-0.2, -0.15) is 0 Å². The SMILES string of the molecule is CCN(C(=O)COC(=O)[C@@H](NC(=O)c1ccccc1)C(C)C)C1CCS(=O)(=O)C1. The van der Waals surface area contributed by atoms with Crippen LogP contribution < -0.4 is 5.32 Å². The second-order valence-corrected chi connectivity index (χ2v) is 9.63. The Morgan fingerprint density at radius 2 is 1.86 bits per heavy atom. The molecule has 0 bridgehead atoms. The highest BCUT2D eigenvalue weighted by atomic mass is 32.2. The molecule has 0 spiro atoms. The highest BCUT2D eigenvalue weighted by molar-refractivity contribution is 7.91. The molecule has 1 heterocycles. The lowest BCUT2D eigenvalue weighted by atomic mass is 10.0. The first-order chi connectivity index (χ1) is 13.6. The van der Waals surface area contributed by atoms with Crippen molar-refractivity contribution in [3.63, 3.8) is 0 Å². The van der Waals surface area contributed by atoms with E-state index >= 15 is 0 Å². The van der Waals surface area contributed by atoms with Crippen LogP contribution in [0.2, 0.25) is 0 Å². The van der Waals surface area contributed by atoms with Crippen molar-refractivity contribution >= 4 is 27.6 Å². The van der Waals surface area contributed by atoms with E-state index in [1.54, 1.807) is 51.1 Å². The van der Waals surface area contributed by atoms with E-state index < -0.39 is 46.3 Å². The van der Waals surface area contributed by atoms with E-state index in [1.807, 2.05) is 0 Å². The molecule has 1 N–H and O–H groups in total. The average molecular weight is 425 g/mol. The summed E-state index contributed by atoms with van der Waals surface area (Å²) < 4.78 is 28.5. The molecule has 160 valence electrons. The zero-order valence-corrected chi connectivity index (χ0v) is 17.8. The number of benzene rings is 1. The zero-order chi connectivity index (χ0) is 21.6. The summed E-state index contributed by atoms with van der Waals surface area (Å²) in [5.74, 6) is -1.80. The predicted octanol–water partition coefficient (Wildman–Crippen LogP) is 1.02. The smallest absolute Gasteiger partial charge is 0.329 e. The molecule has 2 atom stereocenters. The standard InChI is InChI=1S/C20H28N2O6S/c1-4-22(16-10-11-29(26,27)13-16)17(23)12-28-20(25)18(14(2)3)21-19(24)15-8-6-5-7-9-15/h5-9,14,16,18H,4,10-13H2,1-3H3,(H,21,24)/t16?,18-/m0/s1.